The molecule has 9 heteroatoms. The standard InChI is InChI=1S/C29H30ClN5O3/c1-18-15-32-27-33-25(34-35(27)16-18)13-21-24(36)14-29(38-26(21)37,20-4-2-3-5-20)9-8-19-6-7-22(23(30)12-19)28(17-31)10-11-28/h6-7,12,15-16,20,36H,2-5,8-11,13-14H2,1H3. The van der Waals surface area contributed by atoms with Gasteiger partial charge in [0.2, 0.25) is 0 Å². The zero-order chi connectivity index (χ0) is 26.5. The summed E-state index contributed by atoms with van der Waals surface area (Å²) in [5.74, 6) is 0.618. The van der Waals surface area contributed by atoms with Crippen LogP contribution in [0, 0.1) is 24.2 Å². The minimum absolute atomic E-state index is 0.0641. The van der Waals surface area contributed by atoms with E-state index >= 15 is 0 Å². The molecule has 3 heterocycles. The van der Waals surface area contributed by atoms with E-state index in [-0.39, 0.29) is 30.1 Å². The SMILES string of the molecule is Cc1cnc2nc(CC3=C(O)CC(CCc4ccc(C5(C#N)CC5)c(Cl)c4)(C4CCCC4)OC3=O)nn2c1. The van der Waals surface area contributed by atoms with Gasteiger partial charge < -0.3 is 9.84 Å². The van der Waals surface area contributed by atoms with Gasteiger partial charge in [0.05, 0.1) is 17.1 Å². The fourth-order valence-electron chi connectivity index (χ4n) is 6.16. The Kier molecular flexibility index (Phi) is 6.14. The Labute approximate surface area is 226 Å². The van der Waals surface area contributed by atoms with Crippen molar-refractivity contribution in [2.75, 3.05) is 0 Å². The van der Waals surface area contributed by atoms with Crippen LogP contribution in [0.2, 0.25) is 5.02 Å². The van der Waals surface area contributed by atoms with Gasteiger partial charge in [0, 0.05) is 30.3 Å². The second-order valence-electron chi connectivity index (χ2n) is 11.1. The first-order valence-corrected chi connectivity index (χ1v) is 13.7. The smallest absolute Gasteiger partial charge is 0.338 e. The third-order valence-corrected chi connectivity index (χ3v) is 8.82. The van der Waals surface area contributed by atoms with Crippen molar-refractivity contribution < 1.29 is 14.6 Å². The molecular weight excluding hydrogens is 502 g/mol. The number of aromatic nitrogens is 4. The number of esters is 1. The average molecular weight is 532 g/mol. The van der Waals surface area contributed by atoms with Gasteiger partial charge in [0.15, 0.2) is 5.82 Å². The number of rotatable bonds is 7. The molecule has 0 saturated heterocycles. The first kappa shape index (κ1) is 24.9. The van der Waals surface area contributed by atoms with E-state index in [9.17, 15) is 15.2 Å². The van der Waals surface area contributed by atoms with Crippen molar-refractivity contribution in [2.45, 2.75) is 82.1 Å². The minimum Gasteiger partial charge on any atom is -0.512 e. The van der Waals surface area contributed by atoms with Crippen molar-refractivity contribution in [3.8, 4) is 6.07 Å². The number of hydrogen-bond donors (Lipinski definition) is 1. The Hall–Kier alpha value is -3.44. The lowest BCUT2D eigenvalue weighted by Gasteiger charge is -2.41. The Morgan fingerprint density at radius 3 is 2.76 bits per heavy atom. The van der Waals surface area contributed by atoms with Crippen molar-refractivity contribution in [1.82, 2.24) is 19.6 Å². The van der Waals surface area contributed by atoms with Crippen LogP contribution in [0.5, 0.6) is 0 Å². The summed E-state index contributed by atoms with van der Waals surface area (Å²) in [6.07, 6.45) is 11.0. The highest BCUT2D eigenvalue weighted by Crippen LogP contribution is 2.50. The van der Waals surface area contributed by atoms with E-state index in [0.29, 0.717) is 29.5 Å². The third-order valence-electron chi connectivity index (χ3n) is 8.51. The van der Waals surface area contributed by atoms with Gasteiger partial charge in [-0.1, -0.05) is 36.6 Å². The summed E-state index contributed by atoms with van der Waals surface area (Å²) in [5.41, 5.74) is 1.90. The van der Waals surface area contributed by atoms with Crippen LogP contribution in [0.15, 0.2) is 41.9 Å². The number of ether oxygens (including phenoxy) is 1. The topological polar surface area (TPSA) is 113 Å². The van der Waals surface area contributed by atoms with E-state index in [1.54, 1.807) is 10.7 Å². The number of fused-ring (bicyclic) bond motifs is 1. The van der Waals surface area contributed by atoms with Crippen LogP contribution in [0.4, 0.5) is 0 Å². The van der Waals surface area contributed by atoms with Gasteiger partial charge in [-0.05, 0) is 74.1 Å². The van der Waals surface area contributed by atoms with E-state index in [1.165, 1.54) is 0 Å². The lowest BCUT2D eigenvalue weighted by atomic mass is 9.76. The molecule has 2 fully saturated rings. The van der Waals surface area contributed by atoms with Crippen LogP contribution in [-0.2, 0) is 27.8 Å². The number of aliphatic hydroxyl groups is 1. The van der Waals surface area contributed by atoms with Crippen LogP contribution in [0.25, 0.3) is 5.78 Å². The van der Waals surface area contributed by atoms with Crippen molar-refractivity contribution in [3.05, 3.63) is 69.5 Å². The summed E-state index contributed by atoms with van der Waals surface area (Å²) in [6.45, 7) is 1.92. The molecule has 2 saturated carbocycles. The zero-order valence-electron chi connectivity index (χ0n) is 21.4. The van der Waals surface area contributed by atoms with Crippen molar-refractivity contribution in [3.63, 3.8) is 0 Å². The van der Waals surface area contributed by atoms with Crippen molar-refractivity contribution in [1.29, 1.82) is 5.26 Å². The van der Waals surface area contributed by atoms with Crippen molar-refractivity contribution in [2.24, 2.45) is 5.92 Å². The number of benzene rings is 1. The predicted octanol–water partition coefficient (Wildman–Crippen LogP) is 5.50. The molecule has 0 amide bonds. The highest BCUT2D eigenvalue weighted by Gasteiger charge is 2.49. The lowest BCUT2D eigenvalue weighted by molar-refractivity contribution is -0.167. The second kappa shape index (κ2) is 9.39. The highest BCUT2D eigenvalue weighted by molar-refractivity contribution is 6.31. The quantitative estimate of drug-likeness (QED) is 0.400. The number of nitrogens with zero attached hydrogens (tertiary/aromatic N) is 5. The van der Waals surface area contributed by atoms with E-state index in [4.69, 9.17) is 16.3 Å². The molecular formula is C29H30ClN5O3. The van der Waals surface area contributed by atoms with E-state index in [2.05, 4.69) is 21.1 Å². The fourth-order valence-corrected chi connectivity index (χ4v) is 6.55. The van der Waals surface area contributed by atoms with E-state index < -0.39 is 17.0 Å². The molecule has 3 aliphatic rings. The molecule has 1 aliphatic heterocycles. The van der Waals surface area contributed by atoms with Gasteiger partial charge in [-0.3, -0.25) is 0 Å². The number of carbonyl (C=O) groups excluding carboxylic acids is 1. The summed E-state index contributed by atoms with van der Waals surface area (Å²) in [4.78, 5) is 22.0. The van der Waals surface area contributed by atoms with E-state index in [0.717, 1.165) is 55.2 Å². The monoisotopic (exact) mass is 531 g/mol. The molecule has 6 rings (SSSR count). The maximum Gasteiger partial charge on any atom is 0.338 e. The number of hydrogen-bond acceptors (Lipinski definition) is 7. The summed E-state index contributed by atoms with van der Waals surface area (Å²) in [6, 6.07) is 8.34. The largest absolute Gasteiger partial charge is 0.512 e. The number of aryl methyl sites for hydroxylation is 2. The zero-order valence-corrected chi connectivity index (χ0v) is 22.2. The molecule has 1 N–H and O–H groups in total. The number of cyclic esters (lactones) is 1. The molecule has 2 aliphatic carbocycles. The molecule has 0 radical (unpaired) electrons. The highest BCUT2D eigenvalue weighted by atomic mass is 35.5. The van der Waals surface area contributed by atoms with Crippen LogP contribution in [0.1, 0.15) is 73.9 Å². The average Bonchev–Trinajstić information content (AvgIpc) is 3.28. The Bertz CT molecular complexity index is 1500. The molecule has 3 aromatic rings. The third kappa shape index (κ3) is 4.43. The number of aliphatic hydroxyl groups excluding tert-OH is 1. The van der Waals surface area contributed by atoms with Gasteiger partial charge in [0.1, 0.15) is 11.4 Å². The van der Waals surface area contributed by atoms with Gasteiger partial charge in [0.25, 0.3) is 5.78 Å². The second-order valence-corrected chi connectivity index (χ2v) is 11.5. The summed E-state index contributed by atoms with van der Waals surface area (Å²) in [7, 11) is 0. The molecule has 1 unspecified atom stereocenters. The molecule has 0 spiro atoms. The maximum absolute atomic E-state index is 13.3. The van der Waals surface area contributed by atoms with Crippen molar-refractivity contribution >= 4 is 23.3 Å². The molecule has 1 atom stereocenters. The molecule has 0 bridgehead atoms. The molecule has 8 nitrogen and oxygen atoms in total. The Balaban J connectivity index is 1.23. The number of carbonyl (C=O) groups is 1. The minimum atomic E-state index is -0.762. The van der Waals surface area contributed by atoms with Crippen LogP contribution < -0.4 is 0 Å². The van der Waals surface area contributed by atoms with Crippen LogP contribution >= 0.6 is 11.6 Å². The normalized spacial score (nSPS) is 23.0. The predicted molar refractivity (Wildman–Crippen MR) is 141 cm³/mol. The van der Waals surface area contributed by atoms with Gasteiger partial charge in [-0.2, -0.15) is 10.2 Å². The number of halogens is 1. The summed E-state index contributed by atoms with van der Waals surface area (Å²) >= 11 is 6.59. The van der Waals surface area contributed by atoms with Crippen LogP contribution in [0.3, 0.4) is 0 Å². The first-order chi connectivity index (χ1) is 18.3. The Morgan fingerprint density at radius 1 is 1.29 bits per heavy atom. The first-order valence-electron chi connectivity index (χ1n) is 13.3. The van der Waals surface area contributed by atoms with Crippen LogP contribution in [-0.4, -0.2) is 36.3 Å². The van der Waals surface area contributed by atoms with Gasteiger partial charge >= 0.3 is 5.97 Å². The molecule has 38 heavy (non-hydrogen) atoms. The molecule has 2 aromatic heterocycles. The maximum atomic E-state index is 13.3. The molecule has 196 valence electrons. The Morgan fingerprint density at radius 2 is 2.08 bits per heavy atom. The van der Waals surface area contributed by atoms with Gasteiger partial charge in [-0.15, -0.1) is 5.10 Å². The fraction of sp³-hybridized carbons (Fsp3) is 0.483. The molecule has 1 aromatic carbocycles. The lowest BCUT2D eigenvalue weighted by Crippen LogP contribution is -2.46. The summed E-state index contributed by atoms with van der Waals surface area (Å²) in [5, 5.41) is 25.8. The summed E-state index contributed by atoms with van der Waals surface area (Å²) < 4.78 is 7.83. The van der Waals surface area contributed by atoms with E-state index in [1.807, 2.05) is 31.3 Å². The van der Waals surface area contributed by atoms with Gasteiger partial charge in [-0.25, -0.2) is 14.3 Å². The number of nitriles is 1.